The van der Waals surface area contributed by atoms with Crippen LogP contribution in [0.25, 0.3) is 5.76 Å². The van der Waals surface area contributed by atoms with Crippen molar-refractivity contribution in [2.24, 2.45) is 0 Å². The maximum atomic E-state index is 6.85. The van der Waals surface area contributed by atoms with Gasteiger partial charge in [0.25, 0.3) is 8.32 Å². The molecule has 0 saturated carbocycles. The summed E-state index contributed by atoms with van der Waals surface area (Å²) in [6.07, 6.45) is 3.24. The summed E-state index contributed by atoms with van der Waals surface area (Å²) in [4.78, 5) is 0. The first-order valence-electron chi connectivity index (χ1n) is 8.30. The van der Waals surface area contributed by atoms with Crippen LogP contribution in [-0.4, -0.2) is 8.32 Å². The molecule has 0 amide bonds. The number of rotatable bonds is 7. The van der Waals surface area contributed by atoms with Crippen LogP contribution in [0.5, 0.6) is 0 Å². The molecule has 0 atom stereocenters. The van der Waals surface area contributed by atoms with Crippen LogP contribution in [0.2, 0.25) is 16.6 Å². The Hall–Kier alpha value is -1.02. The number of allylic oxidation sites excluding steroid dienone is 1. The SMILES string of the molecule is CCC=C(O[Si](C(C)C)(C(C)C)C(C)C)c1ccccc1. The molecule has 0 spiro atoms. The van der Waals surface area contributed by atoms with Crippen LogP contribution in [0.3, 0.4) is 0 Å². The first kappa shape index (κ1) is 18.0. The summed E-state index contributed by atoms with van der Waals surface area (Å²) < 4.78 is 6.85. The Morgan fingerprint density at radius 1 is 0.952 bits per heavy atom. The fraction of sp³-hybridized carbons (Fsp3) is 0.579. The second kappa shape index (κ2) is 7.84. The van der Waals surface area contributed by atoms with Gasteiger partial charge >= 0.3 is 0 Å². The monoisotopic (exact) mass is 304 g/mol. The van der Waals surface area contributed by atoms with Crippen LogP contribution in [-0.2, 0) is 4.43 Å². The summed E-state index contributed by atoms with van der Waals surface area (Å²) >= 11 is 0. The molecule has 1 aromatic carbocycles. The lowest BCUT2D eigenvalue weighted by molar-refractivity contribution is 0.443. The Bertz CT molecular complexity index is 424. The number of benzene rings is 1. The van der Waals surface area contributed by atoms with Crippen LogP contribution >= 0.6 is 0 Å². The molecule has 21 heavy (non-hydrogen) atoms. The molecule has 0 aliphatic rings. The third-order valence-electron chi connectivity index (χ3n) is 4.44. The summed E-state index contributed by atoms with van der Waals surface area (Å²) in [5, 5.41) is 0. The van der Waals surface area contributed by atoms with Crippen molar-refractivity contribution in [1.29, 1.82) is 0 Å². The first-order chi connectivity index (χ1) is 9.86. The van der Waals surface area contributed by atoms with Gasteiger partial charge in [0.1, 0.15) is 5.76 Å². The Morgan fingerprint density at radius 2 is 1.43 bits per heavy atom. The smallest absolute Gasteiger partial charge is 0.258 e. The van der Waals surface area contributed by atoms with E-state index in [1.165, 1.54) is 5.56 Å². The van der Waals surface area contributed by atoms with E-state index in [0.29, 0.717) is 16.6 Å². The van der Waals surface area contributed by atoms with E-state index in [1.807, 2.05) is 0 Å². The van der Waals surface area contributed by atoms with Crippen LogP contribution in [0, 0.1) is 0 Å². The van der Waals surface area contributed by atoms with E-state index in [0.717, 1.165) is 12.2 Å². The maximum absolute atomic E-state index is 6.85. The lowest BCUT2D eigenvalue weighted by Gasteiger charge is -2.43. The molecule has 0 radical (unpaired) electrons. The third-order valence-corrected chi connectivity index (χ3v) is 10.4. The highest BCUT2D eigenvalue weighted by Gasteiger charge is 2.47. The van der Waals surface area contributed by atoms with Gasteiger partial charge in [-0.1, -0.05) is 78.8 Å². The summed E-state index contributed by atoms with van der Waals surface area (Å²) in [5.41, 5.74) is 3.00. The lowest BCUT2D eigenvalue weighted by atomic mass is 10.2. The Morgan fingerprint density at radius 3 is 1.81 bits per heavy atom. The minimum atomic E-state index is -1.88. The normalized spacial score (nSPS) is 13.3. The van der Waals surface area contributed by atoms with Crippen molar-refractivity contribution in [3.63, 3.8) is 0 Å². The topological polar surface area (TPSA) is 9.23 Å². The largest absolute Gasteiger partial charge is 0.543 e. The molecule has 0 unspecified atom stereocenters. The molecule has 0 aliphatic carbocycles. The molecule has 0 aliphatic heterocycles. The first-order valence-corrected chi connectivity index (χ1v) is 10.4. The van der Waals surface area contributed by atoms with Crippen molar-refractivity contribution in [3.8, 4) is 0 Å². The number of hydrogen-bond donors (Lipinski definition) is 0. The summed E-state index contributed by atoms with van der Waals surface area (Å²) in [5.74, 6) is 1.08. The van der Waals surface area contributed by atoms with Crippen molar-refractivity contribution < 1.29 is 4.43 Å². The molecule has 1 nitrogen and oxygen atoms in total. The van der Waals surface area contributed by atoms with Gasteiger partial charge < -0.3 is 4.43 Å². The molecular formula is C19H32OSi. The van der Waals surface area contributed by atoms with Crippen molar-refractivity contribution in [1.82, 2.24) is 0 Å². The van der Waals surface area contributed by atoms with E-state index in [9.17, 15) is 0 Å². The fourth-order valence-corrected chi connectivity index (χ4v) is 8.84. The lowest BCUT2D eigenvalue weighted by Crippen LogP contribution is -2.47. The second-order valence-electron chi connectivity index (χ2n) is 6.76. The second-order valence-corrected chi connectivity index (χ2v) is 12.1. The van der Waals surface area contributed by atoms with Gasteiger partial charge in [0.05, 0.1) is 0 Å². The van der Waals surface area contributed by atoms with Crippen LogP contribution in [0.15, 0.2) is 36.4 Å². The third kappa shape index (κ3) is 4.00. The molecule has 0 saturated heterocycles. The average Bonchev–Trinajstić information content (AvgIpc) is 2.43. The van der Waals surface area contributed by atoms with Crippen LogP contribution < -0.4 is 0 Å². The number of hydrogen-bond acceptors (Lipinski definition) is 1. The highest BCUT2D eigenvalue weighted by Crippen LogP contribution is 2.44. The predicted octanol–water partition coefficient (Wildman–Crippen LogP) is 6.63. The molecule has 0 N–H and O–H groups in total. The standard InChI is InChI=1S/C19H32OSi/c1-8-12-19(18-13-10-9-11-14-18)20-21(15(2)3,16(4)5)17(6)7/h9-17H,8H2,1-7H3. The fourth-order valence-electron chi connectivity index (χ4n) is 3.55. The van der Waals surface area contributed by atoms with Crippen molar-refractivity contribution >= 4 is 14.1 Å². The maximum Gasteiger partial charge on any atom is 0.258 e. The summed E-state index contributed by atoms with van der Waals surface area (Å²) in [6.45, 7) is 16.2. The van der Waals surface area contributed by atoms with Gasteiger partial charge in [0.15, 0.2) is 0 Å². The van der Waals surface area contributed by atoms with E-state index >= 15 is 0 Å². The van der Waals surface area contributed by atoms with Crippen LogP contribution in [0.1, 0.15) is 60.5 Å². The summed E-state index contributed by atoms with van der Waals surface area (Å²) in [6, 6.07) is 10.5. The van der Waals surface area contributed by atoms with E-state index in [-0.39, 0.29) is 0 Å². The molecular weight excluding hydrogens is 272 g/mol. The van der Waals surface area contributed by atoms with Crippen molar-refractivity contribution in [2.75, 3.05) is 0 Å². The zero-order valence-electron chi connectivity index (χ0n) is 14.8. The summed E-state index contributed by atoms with van der Waals surface area (Å²) in [7, 11) is -1.88. The molecule has 0 aromatic heterocycles. The van der Waals surface area contributed by atoms with E-state index in [1.54, 1.807) is 0 Å². The Kier molecular flexibility index (Phi) is 6.73. The quantitative estimate of drug-likeness (QED) is 0.406. The molecule has 0 fully saturated rings. The molecule has 0 heterocycles. The van der Waals surface area contributed by atoms with Crippen molar-refractivity contribution in [3.05, 3.63) is 42.0 Å². The average molecular weight is 305 g/mol. The molecule has 0 bridgehead atoms. The zero-order chi connectivity index (χ0) is 16.0. The van der Waals surface area contributed by atoms with Gasteiger partial charge in [-0.15, -0.1) is 0 Å². The van der Waals surface area contributed by atoms with E-state index in [4.69, 9.17) is 4.43 Å². The highest BCUT2D eigenvalue weighted by molar-refractivity contribution is 6.78. The Balaban J connectivity index is 3.24. The van der Waals surface area contributed by atoms with Gasteiger partial charge in [-0.3, -0.25) is 0 Å². The van der Waals surface area contributed by atoms with Gasteiger partial charge in [0.2, 0.25) is 0 Å². The van der Waals surface area contributed by atoms with E-state index < -0.39 is 8.32 Å². The molecule has 118 valence electrons. The van der Waals surface area contributed by atoms with Gasteiger partial charge in [0, 0.05) is 5.56 Å². The minimum absolute atomic E-state index is 0.599. The molecule has 1 rings (SSSR count). The van der Waals surface area contributed by atoms with E-state index in [2.05, 4.69) is 84.9 Å². The molecule has 2 heteroatoms. The zero-order valence-corrected chi connectivity index (χ0v) is 15.8. The molecule has 1 aromatic rings. The van der Waals surface area contributed by atoms with Crippen molar-refractivity contribution in [2.45, 2.75) is 71.5 Å². The van der Waals surface area contributed by atoms with Gasteiger partial charge in [-0.2, -0.15) is 0 Å². The van der Waals surface area contributed by atoms with Gasteiger partial charge in [-0.25, -0.2) is 0 Å². The van der Waals surface area contributed by atoms with Crippen LogP contribution in [0.4, 0.5) is 0 Å². The van der Waals surface area contributed by atoms with Gasteiger partial charge in [-0.05, 0) is 29.1 Å². The minimum Gasteiger partial charge on any atom is -0.543 e. The predicted molar refractivity (Wildman–Crippen MR) is 96.8 cm³/mol. The highest BCUT2D eigenvalue weighted by atomic mass is 28.4. The Labute approximate surface area is 132 Å².